The van der Waals surface area contributed by atoms with Crippen LogP contribution in [0.3, 0.4) is 0 Å². The predicted molar refractivity (Wildman–Crippen MR) is 183 cm³/mol. The molecule has 3 atom stereocenters. The second-order valence-corrected chi connectivity index (χ2v) is 14.6. The highest BCUT2D eigenvalue weighted by atomic mass is 35.5. The second-order valence-electron chi connectivity index (χ2n) is 13.0. The van der Waals surface area contributed by atoms with Crippen LogP contribution >= 0.6 is 22.9 Å². The van der Waals surface area contributed by atoms with Gasteiger partial charge in [0, 0.05) is 33.0 Å². The van der Waals surface area contributed by atoms with Crippen LogP contribution in [-0.2, 0) is 9.53 Å². The van der Waals surface area contributed by atoms with Crippen LogP contribution < -0.4 is 10.1 Å². The average molecular weight is 670 g/mol. The molecule has 0 spiro atoms. The number of alkyl carbamates (subject to hydrolysis) is 1. The summed E-state index contributed by atoms with van der Waals surface area (Å²) in [5.41, 5.74) is 4.98. The van der Waals surface area contributed by atoms with Gasteiger partial charge in [-0.1, -0.05) is 31.5 Å². The Bertz CT molecular complexity index is 2010. The lowest BCUT2D eigenvalue weighted by Crippen LogP contribution is -2.51. The van der Waals surface area contributed by atoms with E-state index in [2.05, 4.69) is 57.3 Å². The molecule has 1 unspecified atom stereocenters. The molecule has 242 valence electrons. The van der Waals surface area contributed by atoms with Crippen molar-refractivity contribution in [1.82, 2.24) is 24.8 Å². The molecular formula is C36H36ClN5O4S. The Balaban J connectivity index is 1.12. The van der Waals surface area contributed by atoms with Crippen LogP contribution in [-0.4, -0.2) is 51.1 Å². The monoisotopic (exact) mass is 669 g/mol. The number of amides is 2. The summed E-state index contributed by atoms with van der Waals surface area (Å²) < 4.78 is 13.9. The summed E-state index contributed by atoms with van der Waals surface area (Å²) in [6.07, 6.45) is 5.07. The molecule has 9 nitrogen and oxygen atoms in total. The van der Waals surface area contributed by atoms with Gasteiger partial charge in [-0.3, -0.25) is 9.36 Å². The number of nitrogens with zero attached hydrogens (tertiary/aromatic N) is 3. The number of carbonyl (C=O) groups excluding carboxylic acids is 2. The fourth-order valence-electron chi connectivity index (χ4n) is 6.96. The average Bonchev–Trinajstić information content (AvgIpc) is 3.48. The number of aromatic amines is 1. The van der Waals surface area contributed by atoms with Crippen LogP contribution in [0.15, 0.2) is 60.8 Å². The first kappa shape index (κ1) is 30.1. The molecule has 2 aliphatic heterocycles. The molecule has 47 heavy (non-hydrogen) atoms. The minimum absolute atomic E-state index is 0.0977. The molecule has 3 aromatic heterocycles. The van der Waals surface area contributed by atoms with E-state index in [9.17, 15) is 9.59 Å². The number of thiophene rings is 1. The van der Waals surface area contributed by atoms with Gasteiger partial charge in [-0.05, 0) is 86.1 Å². The van der Waals surface area contributed by atoms with Crippen molar-refractivity contribution in [1.29, 1.82) is 0 Å². The van der Waals surface area contributed by atoms with Gasteiger partial charge in [0.15, 0.2) is 0 Å². The van der Waals surface area contributed by atoms with Crippen molar-refractivity contribution in [2.45, 2.75) is 63.8 Å². The number of nitrogens with one attached hydrogen (secondary N) is 2. The molecule has 5 aromatic rings. The van der Waals surface area contributed by atoms with E-state index in [1.807, 2.05) is 48.4 Å². The van der Waals surface area contributed by atoms with Gasteiger partial charge in [-0.25, -0.2) is 9.78 Å². The van der Waals surface area contributed by atoms with Crippen LogP contribution in [0.4, 0.5) is 4.79 Å². The van der Waals surface area contributed by atoms with E-state index in [1.54, 1.807) is 0 Å². The van der Waals surface area contributed by atoms with Crippen LogP contribution in [0, 0.1) is 5.92 Å². The summed E-state index contributed by atoms with van der Waals surface area (Å²) in [5, 5.41) is 4.50. The Morgan fingerprint density at radius 3 is 2.70 bits per heavy atom. The number of benzene rings is 2. The van der Waals surface area contributed by atoms with Crippen molar-refractivity contribution >= 4 is 45.8 Å². The largest absolute Gasteiger partial charge is 0.464 e. The van der Waals surface area contributed by atoms with Gasteiger partial charge in [0.05, 0.1) is 41.1 Å². The third-order valence-corrected chi connectivity index (χ3v) is 11.1. The number of halogens is 1. The zero-order valence-electron chi connectivity index (χ0n) is 26.5. The molecule has 1 saturated carbocycles. The Morgan fingerprint density at radius 2 is 1.91 bits per heavy atom. The van der Waals surface area contributed by atoms with E-state index in [4.69, 9.17) is 26.1 Å². The van der Waals surface area contributed by atoms with Gasteiger partial charge in [-0.2, -0.15) is 0 Å². The summed E-state index contributed by atoms with van der Waals surface area (Å²) in [6.45, 7) is 4.43. The number of rotatable bonds is 7. The lowest BCUT2D eigenvalue weighted by molar-refractivity contribution is -0.135. The fraction of sp³-hybridized carbons (Fsp3) is 0.361. The topological polar surface area (TPSA) is 101 Å². The van der Waals surface area contributed by atoms with Crippen LogP contribution in [0.5, 0.6) is 5.75 Å². The minimum atomic E-state index is -0.682. The number of likely N-dealkylation sites (tertiary alicyclic amines) is 1. The first-order valence-corrected chi connectivity index (χ1v) is 17.4. The van der Waals surface area contributed by atoms with E-state index in [0.29, 0.717) is 17.5 Å². The molecule has 2 N–H and O–H groups in total. The van der Waals surface area contributed by atoms with Crippen molar-refractivity contribution in [2.75, 3.05) is 13.7 Å². The normalized spacial score (nSPS) is 19.4. The summed E-state index contributed by atoms with van der Waals surface area (Å²) in [7, 11) is 1.30. The number of hydrogen-bond donors (Lipinski definition) is 2. The SMILES string of the molecule is COC(=O)N[C@H](C(=O)N1CCC[C@H]1c1ncc(-c2ccc3c(c2)OC(c2ccc(C4CC4)s2)n2c-3cc3cc(Cl)ccc32)[nH]1)C(C)C. The van der Waals surface area contributed by atoms with Crippen LogP contribution in [0.2, 0.25) is 5.02 Å². The predicted octanol–water partition coefficient (Wildman–Crippen LogP) is 8.27. The van der Waals surface area contributed by atoms with E-state index >= 15 is 0 Å². The highest BCUT2D eigenvalue weighted by molar-refractivity contribution is 7.12. The maximum atomic E-state index is 13.6. The van der Waals surface area contributed by atoms with Gasteiger partial charge in [0.1, 0.15) is 17.6 Å². The van der Waals surface area contributed by atoms with Crippen molar-refractivity contribution in [2.24, 2.45) is 5.92 Å². The minimum Gasteiger partial charge on any atom is -0.464 e. The van der Waals surface area contributed by atoms with Gasteiger partial charge >= 0.3 is 6.09 Å². The number of imidazole rings is 1. The van der Waals surface area contributed by atoms with Crippen LogP contribution in [0.1, 0.15) is 73.3 Å². The first-order chi connectivity index (χ1) is 22.8. The lowest BCUT2D eigenvalue weighted by atomic mass is 10.0. The molecule has 3 aliphatic rings. The summed E-state index contributed by atoms with van der Waals surface area (Å²) in [5.74, 6) is 1.98. The second kappa shape index (κ2) is 11.8. The van der Waals surface area contributed by atoms with E-state index in [0.717, 1.165) is 57.8 Å². The summed E-state index contributed by atoms with van der Waals surface area (Å²) in [6, 6.07) is 18.1. The van der Waals surface area contributed by atoms with E-state index in [1.165, 1.54) is 29.7 Å². The van der Waals surface area contributed by atoms with Crippen molar-refractivity contribution < 1.29 is 19.1 Å². The van der Waals surface area contributed by atoms with E-state index in [-0.39, 0.29) is 24.1 Å². The van der Waals surface area contributed by atoms with Gasteiger partial charge < -0.3 is 24.7 Å². The highest BCUT2D eigenvalue weighted by Crippen LogP contribution is 2.49. The lowest BCUT2D eigenvalue weighted by Gasteiger charge is -2.30. The Morgan fingerprint density at radius 1 is 1.09 bits per heavy atom. The number of hydrogen-bond acceptors (Lipinski definition) is 6. The molecular weight excluding hydrogens is 634 g/mol. The first-order valence-electron chi connectivity index (χ1n) is 16.2. The zero-order valence-corrected chi connectivity index (χ0v) is 28.0. The van der Waals surface area contributed by atoms with Gasteiger partial charge in [0.2, 0.25) is 12.1 Å². The number of ether oxygens (including phenoxy) is 2. The third kappa shape index (κ3) is 5.37. The fourth-order valence-corrected chi connectivity index (χ4v) is 8.34. The maximum Gasteiger partial charge on any atom is 0.407 e. The molecule has 1 saturated heterocycles. The Kier molecular flexibility index (Phi) is 7.52. The smallest absolute Gasteiger partial charge is 0.407 e. The molecule has 2 fully saturated rings. The number of aromatic nitrogens is 3. The maximum absolute atomic E-state index is 13.6. The van der Waals surface area contributed by atoms with Gasteiger partial charge in [-0.15, -0.1) is 11.3 Å². The highest BCUT2D eigenvalue weighted by Gasteiger charge is 2.38. The summed E-state index contributed by atoms with van der Waals surface area (Å²) in [4.78, 5) is 38.3. The Hall–Kier alpha value is -4.28. The molecule has 2 aromatic carbocycles. The molecule has 11 heteroatoms. The number of H-pyrrole nitrogens is 1. The zero-order chi connectivity index (χ0) is 32.4. The number of fused-ring (bicyclic) bond motifs is 5. The van der Waals surface area contributed by atoms with Gasteiger partial charge in [0.25, 0.3) is 0 Å². The summed E-state index contributed by atoms with van der Waals surface area (Å²) >= 11 is 8.25. The molecule has 0 bridgehead atoms. The van der Waals surface area contributed by atoms with Crippen LogP contribution in [0.25, 0.3) is 33.4 Å². The van der Waals surface area contributed by atoms with Crippen molar-refractivity contribution in [3.63, 3.8) is 0 Å². The molecule has 2 amide bonds. The number of methoxy groups -OCH3 is 1. The molecule has 0 radical (unpaired) electrons. The number of carbonyl (C=O) groups is 2. The Labute approximate surface area is 281 Å². The third-order valence-electron chi connectivity index (χ3n) is 9.55. The van der Waals surface area contributed by atoms with Crippen molar-refractivity contribution in [3.05, 3.63) is 81.4 Å². The molecule has 1 aliphatic carbocycles. The molecule has 5 heterocycles. The molecule has 8 rings (SSSR count). The standard InChI is InChI=1S/C36H36ClN5O4S/c1-19(2)32(40-36(44)45-3)34(43)41-14-4-5-27(41)33-38-18-25(39-33)21-8-10-24-28-16-22-15-23(37)9-11-26(22)42(28)35(46-29(24)17-21)31-13-12-30(47-31)20-6-7-20/h8-13,15-20,27,32,35H,4-7,14H2,1-3H3,(H,38,39)(H,40,44)/t27-,32-,35?/m0/s1. The van der Waals surface area contributed by atoms with Crippen molar-refractivity contribution in [3.8, 4) is 28.3 Å². The van der Waals surface area contributed by atoms with E-state index < -0.39 is 12.1 Å². The quantitative estimate of drug-likeness (QED) is 0.182.